The van der Waals surface area contributed by atoms with Gasteiger partial charge < -0.3 is 15.0 Å². The number of nitrogens with one attached hydrogen (secondary N) is 1. The summed E-state index contributed by atoms with van der Waals surface area (Å²) in [6.45, 7) is -1.73. The summed E-state index contributed by atoms with van der Waals surface area (Å²) in [4.78, 5) is 26.6. The topological polar surface area (TPSA) is 58.6 Å². The number of nitrogens with zero attached hydrogens (tertiary/aromatic N) is 1. The molecule has 2 aromatic rings. The predicted octanol–water partition coefficient (Wildman–Crippen LogP) is 3.46. The van der Waals surface area contributed by atoms with E-state index in [9.17, 15) is 18.4 Å². The van der Waals surface area contributed by atoms with Gasteiger partial charge in [0.25, 0.3) is 5.91 Å². The second-order valence-corrected chi connectivity index (χ2v) is 6.64. The highest BCUT2D eigenvalue weighted by atomic mass is 19.3. The minimum absolute atomic E-state index is 0.0302. The van der Waals surface area contributed by atoms with Crippen LogP contribution in [-0.4, -0.2) is 36.4 Å². The summed E-state index contributed by atoms with van der Waals surface area (Å²) in [5, 5.41) is 2.93. The highest BCUT2D eigenvalue weighted by Crippen LogP contribution is 2.25. The largest absolute Gasteiger partial charge is 0.434 e. The molecule has 1 N–H and O–H groups in total. The van der Waals surface area contributed by atoms with Crippen LogP contribution in [0.5, 0.6) is 5.75 Å². The average Bonchev–Trinajstić information content (AvgIpc) is 2.72. The first-order chi connectivity index (χ1) is 13.5. The van der Waals surface area contributed by atoms with Gasteiger partial charge in [-0.2, -0.15) is 8.78 Å². The molecule has 1 aliphatic heterocycles. The van der Waals surface area contributed by atoms with Crippen LogP contribution in [0.2, 0.25) is 0 Å². The van der Waals surface area contributed by atoms with Crippen LogP contribution in [0.25, 0.3) is 0 Å². The fourth-order valence-electron chi connectivity index (χ4n) is 3.29. The molecule has 0 spiro atoms. The van der Waals surface area contributed by atoms with Crippen LogP contribution >= 0.6 is 0 Å². The number of rotatable bonds is 6. The first kappa shape index (κ1) is 19.8. The number of hydrogen-bond acceptors (Lipinski definition) is 3. The number of halogens is 2. The van der Waals surface area contributed by atoms with Crippen molar-refractivity contribution in [2.75, 3.05) is 13.1 Å². The third-order valence-corrected chi connectivity index (χ3v) is 4.80. The molecule has 1 aliphatic rings. The molecule has 7 heteroatoms. The van der Waals surface area contributed by atoms with Crippen LogP contribution in [-0.2, 0) is 11.3 Å². The molecule has 1 fully saturated rings. The molecule has 0 unspecified atom stereocenters. The zero-order valence-electron chi connectivity index (χ0n) is 15.3. The van der Waals surface area contributed by atoms with Gasteiger partial charge in [0.2, 0.25) is 5.91 Å². The molecular weight excluding hydrogens is 366 g/mol. The number of alkyl halides is 2. The van der Waals surface area contributed by atoms with Crippen molar-refractivity contribution in [3.8, 4) is 5.75 Å². The van der Waals surface area contributed by atoms with Crippen LogP contribution in [0, 0.1) is 5.92 Å². The minimum Gasteiger partial charge on any atom is -0.434 e. The Labute approximate surface area is 162 Å². The molecule has 3 rings (SSSR count). The van der Waals surface area contributed by atoms with Crippen LogP contribution in [0.4, 0.5) is 8.78 Å². The molecule has 0 aliphatic carbocycles. The summed E-state index contributed by atoms with van der Waals surface area (Å²) in [5.41, 5.74) is 1.13. The third-order valence-electron chi connectivity index (χ3n) is 4.80. The van der Waals surface area contributed by atoms with E-state index in [1.54, 1.807) is 11.0 Å². The van der Waals surface area contributed by atoms with E-state index in [1.807, 2.05) is 30.3 Å². The van der Waals surface area contributed by atoms with Gasteiger partial charge in [-0.1, -0.05) is 42.5 Å². The number of carbonyl (C=O) groups excluding carboxylic acids is 2. The summed E-state index contributed by atoms with van der Waals surface area (Å²) in [6.07, 6.45) is 1.06. The Morgan fingerprint density at radius 3 is 2.36 bits per heavy atom. The van der Waals surface area contributed by atoms with Gasteiger partial charge in [-0.05, 0) is 30.5 Å². The van der Waals surface area contributed by atoms with Gasteiger partial charge in [-0.25, -0.2) is 0 Å². The molecule has 0 saturated carbocycles. The van der Waals surface area contributed by atoms with Crippen molar-refractivity contribution in [2.24, 2.45) is 5.92 Å². The summed E-state index contributed by atoms with van der Waals surface area (Å²) >= 11 is 0. The molecule has 1 heterocycles. The molecule has 2 aromatic carbocycles. The number of ether oxygens (including phenoxy) is 1. The van der Waals surface area contributed by atoms with Crippen molar-refractivity contribution in [2.45, 2.75) is 26.0 Å². The number of piperidine rings is 1. The maximum Gasteiger partial charge on any atom is 0.387 e. The first-order valence-corrected chi connectivity index (χ1v) is 9.19. The number of carbonyl (C=O) groups is 2. The molecule has 0 aromatic heterocycles. The number of hydrogen-bond donors (Lipinski definition) is 1. The lowest BCUT2D eigenvalue weighted by molar-refractivity contribution is -0.126. The van der Waals surface area contributed by atoms with E-state index in [4.69, 9.17) is 0 Å². The van der Waals surface area contributed by atoms with E-state index in [0.717, 1.165) is 5.56 Å². The number of benzene rings is 2. The Bertz CT molecular complexity index is 806. The van der Waals surface area contributed by atoms with Gasteiger partial charge in [0.15, 0.2) is 0 Å². The highest BCUT2D eigenvalue weighted by molar-refractivity contribution is 5.97. The number of amides is 2. The van der Waals surface area contributed by atoms with Crippen molar-refractivity contribution in [1.29, 1.82) is 0 Å². The fraction of sp³-hybridized carbons (Fsp3) is 0.333. The van der Waals surface area contributed by atoms with Gasteiger partial charge in [0.1, 0.15) is 5.75 Å². The molecule has 28 heavy (non-hydrogen) atoms. The fourth-order valence-corrected chi connectivity index (χ4v) is 3.29. The lowest BCUT2D eigenvalue weighted by Gasteiger charge is -2.31. The normalized spacial score (nSPS) is 14.8. The first-order valence-electron chi connectivity index (χ1n) is 9.19. The minimum atomic E-state index is -2.99. The summed E-state index contributed by atoms with van der Waals surface area (Å²) in [5.74, 6) is -0.692. The number of likely N-dealkylation sites (tertiary alicyclic amines) is 1. The molecule has 5 nitrogen and oxygen atoms in total. The molecule has 1 saturated heterocycles. The Kier molecular flexibility index (Phi) is 6.57. The van der Waals surface area contributed by atoms with Crippen molar-refractivity contribution in [3.05, 3.63) is 65.7 Å². The van der Waals surface area contributed by atoms with Gasteiger partial charge in [-0.15, -0.1) is 0 Å². The molecule has 0 bridgehead atoms. The van der Waals surface area contributed by atoms with Gasteiger partial charge in [-0.3, -0.25) is 9.59 Å². The smallest absolute Gasteiger partial charge is 0.387 e. The van der Waals surface area contributed by atoms with Gasteiger partial charge in [0.05, 0.1) is 5.56 Å². The predicted molar refractivity (Wildman–Crippen MR) is 100.0 cm³/mol. The van der Waals surface area contributed by atoms with Crippen LogP contribution in [0.3, 0.4) is 0 Å². The SMILES string of the molecule is O=C(NCc1ccccc1)C1CCN(C(=O)c2ccccc2OC(F)F)CC1. The van der Waals surface area contributed by atoms with E-state index < -0.39 is 6.61 Å². The maximum atomic E-state index is 12.7. The molecule has 0 radical (unpaired) electrons. The van der Waals surface area contributed by atoms with E-state index >= 15 is 0 Å². The lowest BCUT2D eigenvalue weighted by Crippen LogP contribution is -2.43. The molecule has 148 valence electrons. The zero-order chi connectivity index (χ0) is 19.9. The molecule has 0 atom stereocenters. The van der Waals surface area contributed by atoms with Crippen LogP contribution in [0.1, 0.15) is 28.8 Å². The molecule has 2 amide bonds. The Morgan fingerprint density at radius 1 is 1.04 bits per heavy atom. The standard InChI is InChI=1S/C21H22F2N2O3/c22-21(23)28-18-9-5-4-8-17(18)20(27)25-12-10-16(11-13-25)19(26)24-14-15-6-2-1-3-7-15/h1-9,16,21H,10-14H2,(H,24,26). The summed E-state index contributed by atoms with van der Waals surface area (Å²) in [7, 11) is 0. The van der Waals surface area contributed by atoms with Crippen molar-refractivity contribution < 1.29 is 23.1 Å². The maximum absolute atomic E-state index is 12.7. The lowest BCUT2D eigenvalue weighted by atomic mass is 9.95. The second-order valence-electron chi connectivity index (χ2n) is 6.64. The Balaban J connectivity index is 1.53. The van der Waals surface area contributed by atoms with Gasteiger partial charge >= 0.3 is 6.61 Å². The highest BCUT2D eigenvalue weighted by Gasteiger charge is 2.29. The quantitative estimate of drug-likeness (QED) is 0.825. The zero-order valence-corrected chi connectivity index (χ0v) is 15.3. The second kappa shape index (κ2) is 9.30. The molecular formula is C21H22F2N2O3. The third kappa shape index (κ3) is 5.06. The monoisotopic (exact) mass is 388 g/mol. The summed E-state index contributed by atoms with van der Waals surface area (Å²) in [6, 6.07) is 15.6. The average molecular weight is 388 g/mol. The van der Waals surface area contributed by atoms with Crippen LogP contribution < -0.4 is 10.1 Å². The Morgan fingerprint density at radius 2 is 1.68 bits per heavy atom. The van der Waals surface area contributed by atoms with E-state index in [2.05, 4.69) is 10.1 Å². The van der Waals surface area contributed by atoms with Crippen molar-refractivity contribution in [1.82, 2.24) is 10.2 Å². The Hall–Kier alpha value is -2.96. The van der Waals surface area contributed by atoms with Gasteiger partial charge in [0, 0.05) is 25.6 Å². The van der Waals surface area contributed by atoms with E-state index in [1.165, 1.54) is 18.2 Å². The van der Waals surface area contributed by atoms with E-state index in [-0.39, 0.29) is 29.0 Å². The van der Waals surface area contributed by atoms with E-state index in [0.29, 0.717) is 32.5 Å². The van der Waals surface area contributed by atoms with Crippen molar-refractivity contribution >= 4 is 11.8 Å². The summed E-state index contributed by atoms with van der Waals surface area (Å²) < 4.78 is 29.5. The number of para-hydroxylation sites is 1. The van der Waals surface area contributed by atoms with Crippen molar-refractivity contribution in [3.63, 3.8) is 0 Å². The van der Waals surface area contributed by atoms with Crippen LogP contribution in [0.15, 0.2) is 54.6 Å².